The third kappa shape index (κ3) is 4.42. The Morgan fingerprint density at radius 3 is 2.39 bits per heavy atom. The van der Waals surface area contributed by atoms with Gasteiger partial charge in [-0.3, -0.25) is 4.79 Å². The lowest BCUT2D eigenvalue weighted by Crippen LogP contribution is -2.25. The molecule has 1 aromatic carbocycles. The van der Waals surface area contributed by atoms with Crippen molar-refractivity contribution in [2.75, 3.05) is 20.6 Å². The van der Waals surface area contributed by atoms with Crippen LogP contribution in [0.25, 0.3) is 0 Å². The van der Waals surface area contributed by atoms with E-state index in [0.717, 1.165) is 6.54 Å². The summed E-state index contributed by atoms with van der Waals surface area (Å²) >= 11 is 3.36. The first-order chi connectivity index (χ1) is 10.8. The molecule has 1 aromatic heterocycles. The number of aryl methyl sites for hydroxylation is 2. The number of pyridine rings is 1. The lowest BCUT2D eigenvalue weighted by atomic mass is 10.1. The molecular weight excluding hydrogens is 363 g/mol. The smallest absolute Gasteiger partial charge is 0.251 e. The Morgan fingerprint density at radius 2 is 1.83 bits per heavy atom. The van der Waals surface area contributed by atoms with Gasteiger partial charge in [-0.2, -0.15) is 0 Å². The van der Waals surface area contributed by atoms with Gasteiger partial charge < -0.3 is 14.2 Å². The highest BCUT2D eigenvalue weighted by Crippen LogP contribution is 2.33. The van der Waals surface area contributed by atoms with E-state index < -0.39 is 0 Å². The largest absolute Gasteiger partial charge is 0.454 e. The van der Waals surface area contributed by atoms with Crippen molar-refractivity contribution >= 4 is 15.9 Å². The van der Waals surface area contributed by atoms with Crippen LogP contribution in [0.2, 0.25) is 0 Å². The summed E-state index contributed by atoms with van der Waals surface area (Å²) in [5.41, 5.74) is 1.32. The van der Waals surface area contributed by atoms with Gasteiger partial charge in [0.25, 0.3) is 5.56 Å². The first-order valence-corrected chi connectivity index (χ1v) is 8.06. The number of hydrogen-bond donors (Lipinski definition) is 0. The summed E-state index contributed by atoms with van der Waals surface area (Å²) in [6.45, 7) is 4.90. The molecule has 6 heteroatoms. The van der Waals surface area contributed by atoms with Crippen LogP contribution in [0.5, 0.6) is 11.5 Å². The predicted octanol–water partition coefficient (Wildman–Crippen LogP) is 3.72. The molecule has 0 aliphatic rings. The number of aromatic nitrogens is 1. The van der Waals surface area contributed by atoms with E-state index in [2.05, 4.69) is 15.9 Å². The molecule has 0 atom stereocenters. The van der Waals surface area contributed by atoms with Crippen LogP contribution >= 0.6 is 15.9 Å². The van der Waals surface area contributed by atoms with Crippen LogP contribution in [0.1, 0.15) is 11.1 Å². The second kappa shape index (κ2) is 7.27. The van der Waals surface area contributed by atoms with E-state index in [4.69, 9.17) is 4.74 Å². The third-order valence-electron chi connectivity index (χ3n) is 3.47. The molecule has 0 radical (unpaired) electrons. The molecule has 4 nitrogen and oxygen atoms in total. The maximum Gasteiger partial charge on any atom is 0.251 e. The highest BCUT2D eigenvalue weighted by molar-refractivity contribution is 9.10. The Hall–Kier alpha value is -1.66. The molecule has 0 saturated carbocycles. The van der Waals surface area contributed by atoms with Crippen LogP contribution in [0.4, 0.5) is 4.39 Å². The second-order valence-corrected chi connectivity index (χ2v) is 6.65. The Bertz CT molecular complexity index is 749. The van der Waals surface area contributed by atoms with Crippen LogP contribution in [0.15, 0.2) is 33.7 Å². The van der Waals surface area contributed by atoms with Crippen molar-refractivity contribution in [3.05, 3.63) is 56.2 Å². The van der Waals surface area contributed by atoms with Gasteiger partial charge in [-0.15, -0.1) is 0 Å². The summed E-state index contributed by atoms with van der Waals surface area (Å²) in [5.74, 6) is 0.841. The second-order valence-electron chi connectivity index (χ2n) is 5.79. The van der Waals surface area contributed by atoms with Crippen LogP contribution < -0.4 is 10.3 Å². The molecular formula is C17H20BrFN2O2. The first kappa shape index (κ1) is 17.7. The fourth-order valence-electron chi connectivity index (χ4n) is 2.26. The van der Waals surface area contributed by atoms with E-state index in [1.165, 1.54) is 18.2 Å². The highest BCUT2D eigenvalue weighted by Gasteiger charge is 2.12. The number of nitrogens with zero attached hydrogens (tertiary/aromatic N) is 2. The maximum atomic E-state index is 13.4. The van der Waals surface area contributed by atoms with Crippen LogP contribution in [0, 0.1) is 19.7 Å². The molecule has 23 heavy (non-hydrogen) atoms. The molecule has 0 aliphatic carbocycles. The maximum absolute atomic E-state index is 13.4. The van der Waals surface area contributed by atoms with Crippen molar-refractivity contribution in [1.29, 1.82) is 0 Å². The zero-order chi connectivity index (χ0) is 17.1. The Labute approximate surface area is 143 Å². The van der Waals surface area contributed by atoms with E-state index >= 15 is 0 Å². The molecule has 0 aliphatic heterocycles. The fourth-order valence-corrected chi connectivity index (χ4v) is 2.63. The van der Waals surface area contributed by atoms with Gasteiger partial charge >= 0.3 is 0 Å². The minimum Gasteiger partial charge on any atom is -0.454 e. The first-order valence-electron chi connectivity index (χ1n) is 7.27. The fraction of sp³-hybridized carbons (Fsp3) is 0.353. The van der Waals surface area contributed by atoms with E-state index in [1.54, 1.807) is 24.6 Å². The molecule has 2 rings (SSSR count). The molecule has 0 fully saturated rings. The van der Waals surface area contributed by atoms with Gasteiger partial charge in [-0.1, -0.05) is 0 Å². The van der Waals surface area contributed by atoms with E-state index in [9.17, 15) is 9.18 Å². The van der Waals surface area contributed by atoms with Gasteiger partial charge in [0.15, 0.2) is 5.75 Å². The molecule has 1 heterocycles. The van der Waals surface area contributed by atoms with Crippen molar-refractivity contribution in [3.8, 4) is 11.5 Å². The van der Waals surface area contributed by atoms with Crippen LogP contribution in [0.3, 0.4) is 0 Å². The number of hydrogen-bond acceptors (Lipinski definition) is 3. The van der Waals surface area contributed by atoms with Gasteiger partial charge in [0.1, 0.15) is 11.6 Å². The summed E-state index contributed by atoms with van der Waals surface area (Å²) in [5, 5.41) is 0. The van der Waals surface area contributed by atoms with Crippen molar-refractivity contribution in [3.63, 3.8) is 0 Å². The molecule has 0 bridgehead atoms. The SMILES string of the molecule is Cc1cc(F)cc(C)c1Oc1cn(CCN(C)C)c(=O)cc1Br. The van der Waals surface area contributed by atoms with Crippen LogP contribution in [-0.4, -0.2) is 30.1 Å². The quantitative estimate of drug-likeness (QED) is 0.790. The minimum atomic E-state index is -0.289. The zero-order valence-corrected chi connectivity index (χ0v) is 15.3. The third-order valence-corrected chi connectivity index (χ3v) is 4.09. The molecule has 0 saturated heterocycles. The zero-order valence-electron chi connectivity index (χ0n) is 13.7. The number of ether oxygens (including phenoxy) is 1. The van der Waals surface area contributed by atoms with Crippen molar-refractivity contribution in [2.24, 2.45) is 0 Å². The summed E-state index contributed by atoms with van der Waals surface area (Å²) in [7, 11) is 3.90. The van der Waals surface area contributed by atoms with Gasteiger partial charge in [-0.05, 0) is 67.1 Å². The van der Waals surface area contributed by atoms with Gasteiger partial charge in [0, 0.05) is 19.2 Å². The Morgan fingerprint density at radius 1 is 1.22 bits per heavy atom. The molecule has 0 spiro atoms. The summed E-state index contributed by atoms with van der Waals surface area (Å²) in [4.78, 5) is 14.0. The average molecular weight is 383 g/mol. The summed E-state index contributed by atoms with van der Waals surface area (Å²) < 4.78 is 21.5. The van der Waals surface area contributed by atoms with Gasteiger partial charge in [0.2, 0.25) is 0 Å². The lowest BCUT2D eigenvalue weighted by molar-refractivity contribution is 0.377. The Kier molecular flexibility index (Phi) is 5.59. The highest BCUT2D eigenvalue weighted by atomic mass is 79.9. The number of likely N-dealkylation sites (N-methyl/N-ethyl adjacent to an activating group) is 1. The molecule has 2 aromatic rings. The predicted molar refractivity (Wildman–Crippen MR) is 92.9 cm³/mol. The molecule has 124 valence electrons. The summed E-state index contributed by atoms with van der Waals surface area (Å²) in [6.07, 6.45) is 1.68. The van der Waals surface area contributed by atoms with Crippen molar-refractivity contribution < 1.29 is 9.13 Å². The summed E-state index contributed by atoms with van der Waals surface area (Å²) in [6, 6.07) is 4.34. The molecule has 0 amide bonds. The molecule has 0 unspecified atom stereocenters. The topological polar surface area (TPSA) is 34.5 Å². The van der Waals surface area contributed by atoms with Crippen LogP contribution in [-0.2, 0) is 6.54 Å². The average Bonchev–Trinajstić information content (AvgIpc) is 2.43. The number of benzene rings is 1. The standard InChI is InChI=1S/C17H20BrFN2O2/c1-11-7-13(19)8-12(2)17(11)23-15-10-21(6-5-20(3)4)16(22)9-14(15)18/h7-10H,5-6H2,1-4H3. The molecule has 0 N–H and O–H groups in total. The van der Waals surface area contributed by atoms with E-state index in [1.807, 2.05) is 19.0 Å². The van der Waals surface area contributed by atoms with E-state index in [0.29, 0.717) is 33.6 Å². The van der Waals surface area contributed by atoms with Crippen molar-refractivity contribution in [2.45, 2.75) is 20.4 Å². The minimum absolute atomic E-state index is 0.0985. The lowest BCUT2D eigenvalue weighted by Gasteiger charge is -2.16. The van der Waals surface area contributed by atoms with E-state index in [-0.39, 0.29) is 11.4 Å². The Balaban J connectivity index is 2.37. The van der Waals surface area contributed by atoms with Gasteiger partial charge in [0.05, 0.1) is 10.7 Å². The normalized spacial score (nSPS) is 11.1. The monoisotopic (exact) mass is 382 g/mol. The number of halogens is 2. The number of rotatable bonds is 5. The van der Waals surface area contributed by atoms with Crippen molar-refractivity contribution in [1.82, 2.24) is 9.47 Å². The van der Waals surface area contributed by atoms with Gasteiger partial charge in [-0.25, -0.2) is 4.39 Å².